The van der Waals surface area contributed by atoms with E-state index in [2.05, 4.69) is 537 Å². The number of thiophene rings is 3. The Morgan fingerprint density at radius 3 is 0.709 bits per heavy atom. The highest BCUT2D eigenvalue weighted by molar-refractivity contribution is 7.28. The van der Waals surface area contributed by atoms with Gasteiger partial charge in [0.2, 0.25) is 0 Å². The lowest BCUT2D eigenvalue weighted by Crippen LogP contribution is -1.95. The Bertz CT molecular complexity index is 10100. The molecular formula is C132H84N6S3. The number of benzene rings is 21. The van der Waals surface area contributed by atoms with Gasteiger partial charge < -0.3 is 27.4 Å². The van der Waals surface area contributed by atoms with Crippen molar-refractivity contribution in [3.05, 3.63) is 510 Å². The van der Waals surface area contributed by atoms with Crippen LogP contribution < -0.4 is 0 Å². The largest absolute Gasteiger partial charge is 0.309 e. The first kappa shape index (κ1) is 81.6. The van der Waals surface area contributed by atoms with Crippen LogP contribution in [0.25, 0.3) is 260 Å². The standard InChI is InChI=1S/3C44H28N2S/c1-3-13-31(14-4-1)45-39-23-9-7-17-35(39)36-21-11-19-33(41(36)45)29-25-27-30(28-26-29)34-20-12-22-38-42-44(47-43(34)38)37-18-8-10-24-40(37)46(42)32-15-5-2-6-16-32;1-3-12-32(13-4-1)45-39-20-9-7-16-35(39)36-27-26-31(28-41(36)45)29-22-24-30(25-23-29)34-18-11-19-38-42-44(47-43(34)38)37-17-8-10-21-40(37)46(42)33-14-5-2-6-15-33;1-3-12-32(13-4-1)45-39-20-9-7-16-35(39)38-28-31(26-27-41(38)45)29-22-24-30(25-23-29)34-18-11-19-37-42-44(47-43(34)37)36-17-8-10-21-40(36)46(42)33-14-5-2-6-15-33/h3*1-28H. The third-order valence-corrected chi connectivity index (χ3v) is 32.4. The molecule has 9 heteroatoms. The predicted molar refractivity (Wildman–Crippen MR) is 604 cm³/mol. The summed E-state index contributed by atoms with van der Waals surface area (Å²) in [5.74, 6) is 0. The minimum atomic E-state index is 1.17. The molecule has 6 nitrogen and oxygen atoms in total. The zero-order chi connectivity index (χ0) is 92.7. The third-order valence-electron chi connectivity index (χ3n) is 28.6. The van der Waals surface area contributed by atoms with Gasteiger partial charge in [-0.2, -0.15) is 0 Å². The molecule has 0 bridgehead atoms. The van der Waals surface area contributed by atoms with Crippen molar-refractivity contribution < 1.29 is 0 Å². The zero-order valence-corrected chi connectivity index (χ0v) is 78.9. The molecule has 0 saturated heterocycles. The van der Waals surface area contributed by atoms with Gasteiger partial charge in [-0.3, -0.25) is 0 Å². The highest BCUT2D eigenvalue weighted by atomic mass is 32.1. The lowest BCUT2D eigenvalue weighted by molar-refractivity contribution is 1.18. The number of para-hydroxylation sites is 13. The monoisotopic (exact) mass is 1850 g/mol. The van der Waals surface area contributed by atoms with Crippen molar-refractivity contribution in [2.45, 2.75) is 0 Å². The molecule has 141 heavy (non-hydrogen) atoms. The molecular weight excluding hydrogens is 1770 g/mol. The third kappa shape index (κ3) is 13.3. The molecule has 21 aromatic carbocycles. The van der Waals surface area contributed by atoms with E-state index in [0.29, 0.717) is 0 Å². The molecule has 30 rings (SSSR count). The molecule has 0 aliphatic rings. The first-order valence-corrected chi connectivity index (χ1v) is 50.5. The van der Waals surface area contributed by atoms with Crippen molar-refractivity contribution in [1.29, 1.82) is 0 Å². The van der Waals surface area contributed by atoms with Crippen LogP contribution in [0.5, 0.6) is 0 Å². The molecule has 0 aliphatic carbocycles. The minimum Gasteiger partial charge on any atom is -0.309 e. The van der Waals surface area contributed by atoms with Crippen LogP contribution in [-0.4, -0.2) is 27.4 Å². The SMILES string of the molecule is c1ccc(-n2c3ccccc3c3cc(-c4ccc(-c5cccc6c5sc5c7ccccc7n(-c7ccccc7)c65)cc4)ccc32)cc1.c1ccc(-n2c3ccccc3c3ccc(-c4ccc(-c5cccc6c5sc5c7ccccc7n(-c7ccccc7)c65)cc4)cc32)cc1.c1ccc(-n2c3ccccc3c3cccc(-c4ccc(-c5cccc6c5sc5c7ccccc7n(-c7ccccc7)c65)cc4)c32)cc1. The smallest absolute Gasteiger partial charge is 0.0727 e. The van der Waals surface area contributed by atoms with Gasteiger partial charge in [0.1, 0.15) is 0 Å². The second-order valence-electron chi connectivity index (χ2n) is 36.4. The average Bonchev–Trinajstić information content (AvgIpc) is 1.55. The molecule has 0 saturated carbocycles. The highest BCUT2D eigenvalue weighted by Gasteiger charge is 2.27. The first-order chi connectivity index (χ1) is 70.0. The van der Waals surface area contributed by atoms with Crippen molar-refractivity contribution in [1.82, 2.24) is 27.4 Å². The molecule has 0 radical (unpaired) electrons. The van der Waals surface area contributed by atoms with Crippen molar-refractivity contribution >= 4 is 193 Å². The lowest BCUT2D eigenvalue weighted by Gasteiger charge is -2.12. The van der Waals surface area contributed by atoms with E-state index in [4.69, 9.17) is 0 Å². The maximum Gasteiger partial charge on any atom is 0.0727 e. The van der Waals surface area contributed by atoms with Gasteiger partial charge in [0, 0.05) is 118 Å². The summed E-state index contributed by atoms with van der Waals surface area (Å²) in [5, 5.41) is 15.4. The van der Waals surface area contributed by atoms with Gasteiger partial charge >= 0.3 is 0 Å². The molecule has 0 fully saturated rings. The summed E-state index contributed by atoms with van der Waals surface area (Å²) in [6.45, 7) is 0. The zero-order valence-electron chi connectivity index (χ0n) is 76.4. The van der Waals surface area contributed by atoms with Gasteiger partial charge in [0.05, 0.1) is 80.3 Å². The van der Waals surface area contributed by atoms with Crippen molar-refractivity contribution in [2.24, 2.45) is 0 Å². The molecule has 0 atom stereocenters. The maximum absolute atomic E-state index is 2.43. The van der Waals surface area contributed by atoms with Gasteiger partial charge in [-0.15, -0.1) is 34.0 Å². The molecule has 660 valence electrons. The van der Waals surface area contributed by atoms with Crippen LogP contribution in [0, 0.1) is 0 Å². The van der Waals surface area contributed by atoms with E-state index in [1.165, 1.54) is 260 Å². The lowest BCUT2D eigenvalue weighted by atomic mass is 9.98. The Balaban J connectivity index is 0.000000104. The Kier molecular flexibility index (Phi) is 19.5. The van der Waals surface area contributed by atoms with Crippen molar-refractivity contribution in [3.8, 4) is 101 Å². The molecule has 30 aromatic rings. The quantitative estimate of drug-likeness (QED) is 0.117. The van der Waals surface area contributed by atoms with Crippen LogP contribution in [0.15, 0.2) is 510 Å². The summed E-state index contributed by atoms with van der Waals surface area (Å²) in [7, 11) is 0. The number of hydrogen-bond acceptors (Lipinski definition) is 3. The van der Waals surface area contributed by atoms with Crippen LogP contribution in [-0.2, 0) is 0 Å². The number of rotatable bonds is 12. The van der Waals surface area contributed by atoms with E-state index in [9.17, 15) is 0 Å². The van der Waals surface area contributed by atoms with Crippen LogP contribution in [0.2, 0.25) is 0 Å². The number of hydrogen-bond donors (Lipinski definition) is 0. The van der Waals surface area contributed by atoms with Crippen LogP contribution >= 0.6 is 34.0 Å². The Hall–Kier alpha value is -17.7. The van der Waals surface area contributed by atoms with Crippen LogP contribution in [0.1, 0.15) is 0 Å². The summed E-state index contributed by atoms with van der Waals surface area (Å²) in [5.41, 5.74) is 36.9. The van der Waals surface area contributed by atoms with Gasteiger partial charge in [-0.1, -0.05) is 382 Å². The van der Waals surface area contributed by atoms with E-state index in [1.54, 1.807) is 0 Å². The summed E-state index contributed by atoms with van der Waals surface area (Å²) in [4.78, 5) is 0. The number of aromatic nitrogens is 6. The molecule has 0 unspecified atom stereocenters. The summed E-state index contributed by atoms with van der Waals surface area (Å²) in [6, 6.07) is 185. The fourth-order valence-electron chi connectivity index (χ4n) is 22.3. The van der Waals surface area contributed by atoms with Gasteiger partial charge in [0.15, 0.2) is 0 Å². The van der Waals surface area contributed by atoms with E-state index >= 15 is 0 Å². The molecule has 9 aromatic heterocycles. The number of nitrogens with zero attached hydrogens (tertiary/aromatic N) is 6. The van der Waals surface area contributed by atoms with Gasteiger partial charge in [0.25, 0.3) is 0 Å². The normalized spacial score (nSPS) is 11.8. The molecule has 0 aliphatic heterocycles. The first-order valence-electron chi connectivity index (χ1n) is 48.1. The Morgan fingerprint density at radius 2 is 0.340 bits per heavy atom. The van der Waals surface area contributed by atoms with E-state index < -0.39 is 0 Å². The van der Waals surface area contributed by atoms with Gasteiger partial charge in [-0.25, -0.2) is 0 Å². The second-order valence-corrected chi connectivity index (χ2v) is 39.5. The molecule has 0 spiro atoms. The molecule has 9 heterocycles. The minimum absolute atomic E-state index is 1.17. The van der Waals surface area contributed by atoms with Crippen molar-refractivity contribution in [3.63, 3.8) is 0 Å². The van der Waals surface area contributed by atoms with E-state index in [0.717, 1.165) is 0 Å². The highest BCUT2D eigenvalue weighted by Crippen LogP contribution is 2.52. The fourth-order valence-corrected chi connectivity index (χ4v) is 26.4. The van der Waals surface area contributed by atoms with Crippen molar-refractivity contribution in [2.75, 3.05) is 0 Å². The Labute approximate surface area is 824 Å². The van der Waals surface area contributed by atoms with Crippen LogP contribution in [0.4, 0.5) is 0 Å². The van der Waals surface area contributed by atoms with Crippen LogP contribution in [0.3, 0.4) is 0 Å². The Morgan fingerprint density at radius 1 is 0.113 bits per heavy atom. The van der Waals surface area contributed by atoms with Gasteiger partial charge in [-0.05, 0) is 189 Å². The number of fused-ring (bicyclic) bond motifs is 24. The fraction of sp³-hybridized carbons (Fsp3) is 0. The van der Waals surface area contributed by atoms with E-state index in [-0.39, 0.29) is 0 Å². The second kappa shape index (κ2) is 33.6. The maximum atomic E-state index is 2.43. The topological polar surface area (TPSA) is 29.6 Å². The molecule has 0 N–H and O–H groups in total. The average molecular weight is 1850 g/mol. The predicted octanol–water partition coefficient (Wildman–Crippen LogP) is 37.3. The summed E-state index contributed by atoms with van der Waals surface area (Å²) in [6.07, 6.45) is 0. The summed E-state index contributed by atoms with van der Waals surface area (Å²) < 4.78 is 22.5. The molecule has 0 amide bonds. The van der Waals surface area contributed by atoms with E-state index in [1.807, 2.05) is 34.0 Å². The summed E-state index contributed by atoms with van der Waals surface area (Å²) >= 11 is 5.72.